The van der Waals surface area contributed by atoms with Crippen molar-refractivity contribution in [3.63, 3.8) is 0 Å². The molecule has 1 amide bonds. The van der Waals surface area contributed by atoms with Gasteiger partial charge in [-0.1, -0.05) is 30.3 Å². The number of rotatable bonds is 1. The summed E-state index contributed by atoms with van der Waals surface area (Å²) in [6.07, 6.45) is -5.12. The summed E-state index contributed by atoms with van der Waals surface area (Å²) in [6, 6.07) is 8.86. The molecule has 0 saturated carbocycles. The maximum atomic E-state index is 13.3. The number of halogens is 3. The number of piperidine rings is 1. The molecule has 1 aliphatic rings. The van der Waals surface area contributed by atoms with Gasteiger partial charge in [-0.05, 0) is 46.1 Å². The molecule has 0 aliphatic carbocycles. The monoisotopic (exact) mass is 343 g/mol. The average molecular weight is 343 g/mol. The Balaban J connectivity index is 2.37. The number of hydrogen-bond donors (Lipinski definition) is 0. The summed E-state index contributed by atoms with van der Waals surface area (Å²) in [5, 5.41) is 0. The van der Waals surface area contributed by atoms with Crippen LogP contribution < -0.4 is 0 Å². The van der Waals surface area contributed by atoms with Gasteiger partial charge in [0.1, 0.15) is 5.60 Å². The molecule has 24 heavy (non-hydrogen) atoms. The minimum absolute atomic E-state index is 0.0183. The number of amides is 1. The van der Waals surface area contributed by atoms with Gasteiger partial charge >= 0.3 is 12.3 Å². The van der Waals surface area contributed by atoms with E-state index in [0.29, 0.717) is 5.56 Å². The van der Waals surface area contributed by atoms with Crippen molar-refractivity contribution in [2.75, 3.05) is 6.54 Å². The SMILES string of the molecule is CC(C)(C)OC(=O)N1CC[C@H](C(F)(F)F)C[C@]1(C)c1ccccc1. The van der Waals surface area contributed by atoms with E-state index in [1.54, 1.807) is 58.0 Å². The topological polar surface area (TPSA) is 29.5 Å². The van der Waals surface area contributed by atoms with E-state index in [1.807, 2.05) is 0 Å². The number of nitrogens with zero attached hydrogens (tertiary/aromatic N) is 1. The molecular formula is C18H24F3NO2. The summed E-state index contributed by atoms with van der Waals surface area (Å²) in [5.74, 6) is -1.43. The number of carbonyl (C=O) groups is 1. The summed E-state index contributed by atoms with van der Waals surface area (Å²) in [7, 11) is 0. The van der Waals surface area contributed by atoms with Crippen LogP contribution in [0.25, 0.3) is 0 Å². The van der Waals surface area contributed by atoms with Crippen LogP contribution in [-0.2, 0) is 10.3 Å². The maximum absolute atomic E-state index is 13.3. The van der Waals surface area contributed by atoms with Crippen LogP contribution in [0, 0.1) is 5.92 Å². The first-order chi connectivity index (χ1) is 10.9. The first-order valence-electron chi connectivity index (χ1n) is 8.06. The van der Waals surface area contributed by atoms with E-state index in [4.69, 9.17) is 4.74 Å². The Morgan fingerprint density at radius 2 is 1.79 bits per heavy atom. The molecule has 1 heterocycles. The van der Waals surface area contributed by atoms with E-state index in [9.17, 15) is 18.0 Å². The molecule has 0 aromatic heterocycles. The molecule has 1 aromatic carbocycles. The molecule has 1 saturated heterocycles. The fourth-order valence-electron chi connectivity index (χ4n) is 3.18. The van der Waals surface area contributed by atoms with Crippen molar-refractivity contribution in [1.29, 1.82) is 0 Å². The van der Waals surface area contributed by atoms with Gasteiger partial charge in [0.05, 0.1) is 11.5 Å². The van der Waals surface area contributed by atoms with Crippen molar-refractivity contribution in [2.24, 2.45) is 5.92 Å². The van der Waals surface area contributed by atoms with Gasteiger partial charge in [-0.2, -0.15) is 13.2 Å². The standard InChI is InChI=1S/C18H24F3NO2/c1-16(2,3)24-15(23)22-11-10-14(18(19,20)21)12-17(22,4)13-8-6-5-7-9-13/h5-9,14H,10-12H2,1-4H3/t14-,17+/m0/s1. The highest BCUT2D eigenvalue weighted by Gasteiger charge is 2.51. The summed E-state index contributed by atoms with van der Waals surface area (Å²) < 4.78 is 45.2. The van der Waals surface area contributed by atoms with Gasteiger partial charge in [-0.25, -0.2) is 4.79 Å². The molecule has 0 radical (unpaired) electrons. The van der Waals surface area contributed by atoms with Crippen LogP contribution in [0.1, 0.15) is 46.1 Å². The maximum Gasteiger partial charge on any atom is 0.411 e. The first kappa shape index (κ1) is 18.6. The Hall–Kier alpha value is -1.72. The lowest BCUT2D eigenvalue weighted by Crippen LogP contribution is -2.55. The van der Waals surface area contributed by atoms with Crippen molar-refractivity contribution in [3.8, 4) is 0 Å². The molecule has 1 aliphatic heterocycles. The van der Waals surface area contributed by atoms with Crippen molar-refractivity contribution in [3.05, 3.63) is 35.9 Å². The van der Waals surface area contributed by atoms with Crippen LogP contribution in [0.5, 0.6) is 0 Å². The zero-order valence-corrected chi connectivity index (χ0v) is 14.5. The summed E-state index contributed by atoms with van der Waals surface area (Å²) >= 11 is 0. The molecule has 0 unspecified atom stereocenters. The minimum atomic E-state index is -4.27. The third-order valence-electron chi connectivity index (χ3n) is 4.41. The number of benzene rings is 1. The fraction of sp³-hybridized carbons (Fsp3) is 0.611. The zero-order chi connectivity index (χ0) is 18.2. The highest BCUT2D eigenvalue weighted by Crippen LogP contribution is 2.46. The second-order valence-corrected chi connectivity index (χ2v) is 7.50. The zero-order valence-electron chi connectivity index (χ0n) is 14.5. The lowest BCUT2D eigenvalue weighted by atomic mass is 9.77. The van der Waals surface area contributed by atoms with E-state index in [0.717, 1.165) is 0 Å². The van der Waals surface area contributed by atoms with E-state index in [-0.39, 0.29) is 19.4 Å². The van der Waals surface area contributed by atoms with Gasteiger partial charge in [-0.3, -0.25) is 4.90 Å². The molecule has 2 atom stereocenters. The highest BCUT2D eigenvalue weighted by atomic mass is 19.4. The molecule has 134 valence electrons. The lowest BCUT2D eigenvalue weighted by molar-refractivity contribution is -0.196. The highest BCUT2D eigenvalue weighted by molar-refractivity contribution is 5.70. The van der Waals surface area contributed by atoms with Crippen LogP contribution in [0.2, 0.25) is 0 Å². The summed E-state index contributed by atoms with van der Waals surface area (Å²) in [4.78, 5) is 14.0. The van der Waals surface area contributed by atoms with Crippen molar-refractivity contribution in [1.82, 2.24) is 4.90 Å². The lowest BCUT2D eigenvalue weighted by Gasteiger charge is -2.48. The minimum Gasteiger partial charge on any atom is -0.444 e. The third-order valence-corrected chi connectivity index (χ3v) is 4.41. The number of carbonyl (C=O) groups excluding carboxylic acids is 1. The van der Waals surface area contributed by atoms with Gasteiger partial charge < -0.3 is 4.74 Å². The number of hydrogen-bond acceptors (Lipinski definition) is 2. The van der Waals surface area contributed by atoms with Crippen molar-refractivity contribution < 1.29 is 22.7 Å². The van der Waals surface area contributed by atoms with Crippen molar-refractivity contribution >= 4 is 6.09 Å². The molecule has 1 fully saturated rings. The summed E-state index contributed by atoms with van der Waals surface area (Å²) in [6.45, 7) is 6.93. The second kappa shape index (κ2) is 6.30. The molecule has 3 nitrogen and oxygen atoms in total. The Bertz CT molecular complexity index is 580. The van der Waals surface area contributed by atoms with Gasteiger partial charge in [0.15, 0.2) is 0 Å². The summed E-state index contributed by atoms with van der Waals surface area (Å²) in [5.41, 5.74) is -1.07. The van der Waals surface area contributed by atoms with Gasteiger partial charge in [0.2, 0.25) is 0 Å². The quantitative estimate of drug-likeness (QED) is 0.709. The average Bonchev–Trinajstić information content (AvgIpc) is 2.45. The third kappa shape index (κ3) is 4.02. The predicted octanol–water partition coefficient (Wildman–Crippen LogP) is 5.11. The van der Waals surface area contributed by atoms with E-state index in [1.165, 1.54) is 4.90 Å². The van der Waals surface area contributed by atoms with E-state index in [2.05, 4.69) is 0 Å². The normalized spacial score (nSPS) is 25.5. The van der Waals surface area contributed by atoms with Crippen LogP contribution in [-0.4, -0.2) is 29.3 Å². The molecule has 1 aromatic rings. The molecule has 0 N–H and O–H groups in total. The van der Waals surface area contributed by atoms with Crippen LogP contribution in [0.3, 0.4) is 0 Å². The van der Waals surface area contributed by atoms with Crippen LogP contribution in [0.15, 0.2) is 30.3 Å². The van der Waals surface area contributed by atoms with Gasteiger partial charge in [0, 0.05) is 6.54 Å². The van der Waals surface area contributed by atoms with E-state index < -0.39 is 29.3 Å². The molecular weight excluding hydrogens is 319 g/mol. The van der Waals surface area contributed by atoms with E-state index >= 15 is 0 Å². The number of alkyl halides is 3. The Kier molecular flexibility index (Phi) is 4.88. The Labute approximate surface area is 140 Å². The predicted molar refractivity (Wildman–Crippen MR) is 85.5 cm³/mol. The smallest absolute Gasteiger partial charge is 0.411 e. The Morgan fingerprint density at radius 1 is 1.21 bits per heavy atom. The first-order valence-corrected chi connectivity index (χ1v) is 8.06. The van der Waals surface area contributed by atoms with Crippen molar-refractivity contribution in [2.45, 2.75) is 57.9 Å². The molecule has 0 spiro atoms. The Morgan fingerprint density at radius 3 is 2.29 bits per heavy atom. The fourth-order valence-corrected chi connectivity index (χ4v) is 3.18. The van der Waals surface area contributed by atoms with Gasteiger partial charge in [-0.15, -0.1) is 0 Å². The number of ether oxygens (including phenoxy) is 1. The molecule has 2 rings (SSSR count). The number of likely N-dealkylation sites (tertiary alicyclic amines) is 1. The van der Waals surface area contributed by atoms with Gasteiger partial charge in [0.25, 0.3) is 0 Å². The molecule has 0 bridgehead atoms. The van der Waals surface area contributed by atoms with Crippen LogP contribution >= 0.6 is 0 Å². The largest absolute Gasteiger partial charge is 0.444 e. The van der Waals surface area contributed by atoms with Crippen LogP contribution in [0.4, 0.5) is 18.0 Å². The molecule has 6 heteroatoms. The second-order valence-electron chi connectivity index (χ2n) is 7.50.